The van der Waals surface area contributed by atoms with E-state index in [2.05, 4.69) is 0 Å². The van der Waals surface area contributed by atoms with Gasteiger partial charge >= 0.3 is 6.18 Å². The number of nitrogens with two attached hydrogens (primary N) is 1. The quantitative estimate of drug-likeness (QED) is 0.853. The number of hydrogen-bond acceptors (Lipinski definition) is 3. The molecule has 5 nitrogen and oxygen atoms in total. The van der Waals surface area contributed by atoms with Crippen LogP contribution in [0.2, 0.25) is 0 Å². The topological polar surface area (TPSA) is 75.4 Å². The summed E-state index contributed by atoms with van der Waals surface area (Å²) in [4.78, 5) is 25.5. The molecule has 1 atom stereocenters. The van der Waals surface area contributed by atoms with Gasteiger partial charge in [-0.3, -0.25) is 14.5 Å². The fourth-order valence-corrected chi connectivity index (χ4v) is 2.94. The van der Waals surface area contributed by atoms with E-state index in [-0.39, 0.29) is 0 Å². The van der Waals surface area contributed by atoms with Gasteiger partial charge in [0, 0.05) is 5.92 Å². The molecule has 0 aromatic heterocycles. The highest BCUT2D eigenvalue weighted by molar-refractivity contribution is 5.81. The van der Waals surface area contributed by atoms with Crippen molar-refractivity contribution in [2.45, 2.75) is 25.1 Å². The molecule has 1 aromatic carbocycles. The summed E-state index contributed by atoms with van der Waals surface area (Å²) >= 11 is 0. The molecule has 24 heavy (non-hydrogen) atoms. The summed E-state index contributed by atoms with van der Waals surface area (Å²) in [6.07, 6.45) is -3.64. The number of hydrogen-bond donors (Lipinski definition) is 2. The number of benzene rings is 1. The molecular formula is C16H20F3N3O2. The first-order chi connectivity index (χ1) is 11.3. The van der Waals surface area contributed by atoms with E-state index in [1.54, 1.807) is 12.1 Å². The lowest BCUT2D eigenvalue weighted by molar-refractivity contribution is -0.142. The van der Waals surface area contributed by atoms with Crippen molar-refractivity contribution < 1.29 is 22.8 Å². The van der Waals surface area contributed by atoms with Crippen LogP contribution in [0.15, 0.2) is 30.3 Å². The molecule has 1 aromatic rings. The third kappa shape index (κ3) is 4.95. The Balaban J connectivity index is 1.93. The van der Waals surface area contributed by atoms with Crippen LogP contribution in [0.4, 0.5) is 13.2 Å². The first-order valence-corrected chi connectivity index (χ1v) is 7.70. The summed E-state index contributed by atoms with van der Waals surface area (Å²) in [7, 11) is 0. The normalized spacial score (nSPS) is 18.1. The third-order valence-corrected chi connectivity index (χ3v) is 4.11. The second-order valence-corrected chi connectivity index (χ2v) is 5.86. The van der Waals surface area contributed by atoms with E-state index in [9.17, 15) is 22.8 Å². The van der Waals surface area contributed by atoms with E-state index in [1.165, 1.54) is 0 Å². The number of likely N-dealkylation sites (tertiary alicyclic amines) is 1. The summed E-state index contributed by atoms with van der Waals surface area (Å²) in [5.74, 6) is -1.56. The standard InChI is InChI=1S/C16H20F3N3O2/c17-16(18,19)10-21-15(24)12-6-8-22(9-7-12)13(14(20)23)11-4-2-1-3-5-11/h1-5,12-13H,6-10H2,(H2,20,23)(H,21,24). The zero-order chi connectivity index (χ0) is 17.7. The van der Waals surface area contributed by atoms with E-state index >= 15 is 0 Å². The minimum atomic E-state index is -4.42. The van der Waals surface area contributed by atoms with Crippen molar-refractivity contribution >= 4 is 11.8 Å². The monoisotopic (exact) mass is 343 g/mol. The van der Waals surface area contributed by atoms with Crippen LogP contribution in [0.1, 0.15) is 24.4 Å². The zero-order valence-corrected chi connectivity index (χ0v) is 13.1. The van der Waals surface area contributed by atoms with E-state index in [1.807, 2.05) is 28.4 Å². The van der Waals surface area contributed by atoms with E-state index in [0.29, 0.717) is 25.9 Å². The molecule has 8 heteroatoms. The Kier molecular flexibility index (Phi) is 5.82. The number of primary amides is 1. The van der Waals surface area contributed by atoms with Gasteiger partial charge in [0.05, 0.1) is 0 Å². The van der Waals surface area contributed by atoms with Crippen molar-refractivity contribution in [3.05, 3.63) is 35.9 Å². The molecule has 0 aliphatic carbocycles. The predicted molar refractivity (Wildman–Crippen MR) is 81.7 cm³/mol. The van der Waals surface area contributed by atoms with Crippen LogP contribution in [-0.4, -0.2) is 42.5 Å². The molecule has 2 rings (SSSR count). The Bertz CT molecular complexity index is 570. The largest absolute Gasteiger partial charge is 0.405 e. The van der Waals surface area contributed by atoms with Gasteiger partial charge in [-0.25, -0.2) is 0 Å². The van der Waals surface area contributed by atoms with Gasteiger partial charge in [-0.2, -0.15) is 13.2 Å². The molecule has 0 saturated carbocycles. The minimum Gasteiger partial charge on any atom is -0.368 e. The van der Waals surface area contributed by atoms with Crippen molar-refractivity contribution in [3.63, 3.8) is 0 Å². The number of halogens is 3. The average molecular weight is 343 g/mol. The van der Waals surface area contributed by atoms with Gasteiger partial charge in [-0.05, 0) is 31.5 Å². The summed E-state index contributed by atoms with van der Waals surface area (Å²) < 4.78 is 36.5. The van der Waals surface area contributed by atoms with Crippen LogP contribution in [0.3, 0.4) is 0 Å². The first-order valence-electron chi connectivity index (χ1n) is 7.70. The van der Waals surface area contributed by atoms with Crippen LogP contribution in [-0.2, 0) is 9.59 Å². The minimum absolute atomic E-state index is 0.389. The van der Waals surface area contributed by atoms with Crippen LogP contribution >= 0.6 is 0 Å². The van der Waals surface area contributed by atoms with E-state index < -0.39 is 36.5 Å². The van der Waals surface area contributed by atoms with Crippen molar-refractivity contribution in [1.29, 1.82) is 0 Å². The Hall–Kier alpha value is -2.09. The molecule has 1 saturated heterocycles. The van der Waals surface area contributed by atoms with Crippen molar-refractivity contribution in [2.75, 3.05) is 19.6 Å². The maximum Gasteiger partial charge on any atom is 0.405 e. The smallest absolute Gasteiger partial charge is 0.368 e. The van der Waals surface area contributed by atoms with E-state index in [4.69, 9.17) is 5.73 Å². The Morgan fingerprint density at radius 1 is 1.21 bits per heavy atom. The second kappa shape index (κ2) is 7.65. The number of piperidine rings is 1. The Morgan fingerprint density at radius 2 is 1.79 bits per heavy atom. The average Bonchev–Trinajstić information content (AvgIpc) is 2.53. The fourth-order valence-electron chi connectivity index (χ4n) is 2.94. The first kappa shape index (κ1) is 18.3. The third-order valence-electron chi connectivity index (χ3n) is 4.11. The van der Waals surface area contributed by atoms with Crippen molar-refractivity contribution in [1.82, 2.24) is 10.2 Å². The number of amides is 2. The highest BCUT2D eigenvalue weighted by Gasteiger charge is 2.34. The number of alkyl halides is 3. The molecule has 132 valence electrons. The lowest BCUT2D eigenvalue weighted by Crippen LogP contribution is -2.46. The van der Waals surface area contributed by atoms with Crippen LogP contribution in [0, 0.1) is 5.92 Å². The molecule has 1 fully saturated rings. The van der Waals surface area contributed by atoms with Gasteiger partial charge < -0.3 is 11.1 Å². The molecule has 2 amide bonds. The number of carbonyl (C=O) groups is 2. The summed E-state index contributed by atoms with van der Waals surface area (Å²) in [5, 5.41) is 1.92. The molecule has 1 unspecified atom stereocenters. The lowest BCUT2D eigenvalue weighted by Gasteiger charge is -2.35. The Morgan fingerprint density at radius 3 is 2.29 bits per heavy atom. The molecule has 0 spiro atoms. The molecule has 1 heterocycles. The maximum absolute atomic E-state index is 12.2. The molecular weight excluding hydrogens is 323 g/mol. The molecule has 0 radical (unpaired) electrons. The fraction of sp³-hybridized carbons (Fsp3) is 0.500. The predicted octanol–water partition coefficient (Wildman–Crippen LogP) is 1.60. The van der Waals surface area contributed by atoms with Gasteiger partial charge in [0.2, 0.25) is 11.8 Å². The Labute approximate surface area is 138 Å². The van der Waals surface area contributed by atoms with Gasteiger partial charge in [-0.1, -0.05) is 30.3 Å². The summed E-state index contributed by atoms with van der Waals surface area (Å²) in [6, 6.07) is 8.46. The highest BCUT2D eigenvalue weighted by atomic mass is 19.4. The van der Waals surface area contributed by atoms with Crippen LogP contribution in [0.5, 0.6) is 0 Å². The second-order valence-electron chi connectivity index (χ2n) is 5.86. The molecule has 3 N–H and O–H groups in total. The van der Waals surface area contributed by atoms with Gasteiger partial charge in [0.25, 0.3) is 0 Å². The molecule has 0 bridgehead atoms. The van der Waals surface area contributed by atoms with Crippen molar-refractivity contribution in [3.8, 4) is 0 Å². The van der Waals surface area contributed by atoms with Gasteiger partial charge in [0.15, 0.2) is 0 Å². The van der Waals surface area contributed by atoms with Crippen molar-refractivity contribution in [2.24, 2.45) is 11.7 Å². The lowest BCUT2D eigenvalue weighted by atomic mass is 9.93. The number of rotatable bonds is 5. The number of nitrogens with one attached hydrogen (secondary N) is 1. The zero-order valence-electron chi connectivity index (χ0n) is 13.1. The summed E-state index contributed by atoms with van der Waals surface area (Å²) in [6.45, 7) is -0.473. The maximum atomic E-state index is 12.2. The SMILES string of the molecule is NC(=O)C(c1ccccc1)N1CCC(C(=O)NCC(F)(F)F)CC1. The van der Waals surface area contributed by atoms with Crippen LogP contribution in [0.25, 0.3) is 0 Å². The molecule has 1 aliphatic rings. The van der Waals surface area contributed by atoms with E-state index in [0.717, 1.165) is 5.56 Å². The summed E-state index contributed by atoms with van der Waals surface area (Å²) in [5.41, 5.74) is 6.27. The number of nitrogens with zero attached hydrogens (tertiary/aromatic N) is 1. The highest BCUT2D eigenvalue weighted by Crippen LogP contribution is 2.27. The van der Waals surface area contributed by atoms with Gasteiger partial charge in [0.1, 0.15) is 12.6 Å². The number of carbonyl (C=O) groups excluding carboxylic acids is 2. The van der Waals surface area contributed by atoms with Crippen LogP contribution < -0.4 is 11.1 Å². The molecule has 1 aliphatic heterocycles. The van der Waals surface area contributed by atoms with Gasteiger partial charge in [-0.15, -0.1) is 0 Å².